The van der Waals surface area contributed by atoms with E-state index in [9.17, 15) is 14.0 Å². The van der Waals surface area contributed by atoms with Crippen LogP contribution in [0.4, 0.5) is 4.39 Å². The molecule has 0 saturated heterocycles. The van der Waals surface area contributed by atoms with E-state index in [0.717, 1.165) is 5.56 Å². The Hall–Kier alpha value is -2.76. The Bertz CT molecular complexity index is 629. The van der Waals surface area contributed by atoms with Crippen molar-refractivity contribution in [3.8, 4) is 0 Å². The second kappa shape index (κ2) is 6.60. The first kappa shape index (κ1) is 14.6. The first-order chi connectivity index (χ1) is 10.1. The highest BCUT2D eigenvalue weighted by Gasteiger charge is 2.20. The van der Waals surface area contributed by atoms with Crippen LogP contribution in [0.5, 0.6) is 0 Å². The Morgan fingerprint density at radius 2 is 1.95 bits per heavy atom. The smallest absolute Gasteiger partial charge is 0.244 e. The lowest BCUT2D eigenvalue weighted by atomic mass is 10.1. The van der Waals surface area contributed by atoms with Crippen LogP contribution in [0.25, 0.3) is 0 Å². The molecule has 0 aliphatic heterocycles. The number of nitrogens with two attached hydrogens (primary N) is 1. The molecule has 0 radical (unpaired) electrons. The highest BCUT2D eigenvalue weighted by molar-refractivity contribution is 5.88. The molecule has 0 unspecified atom stereocenters. The summed E-state index contributed by atoms with van der Waals surface area (Å²) in [5.41, 5.74) is 6.44. The number of pyridine rings is 1. The number of benzene rings is 1. The Balaban J connectivity index is 2.08. The number of hydrogen-bond acceptors (Lipinski definition) is 3. The third-order valence-corrected chi connectivity index (χ3v) is 2.88. The summed E-state index contributed by atoms with van der Waals surface area (Å²) in [6.07, 6.45) is 3.25. The standard InChI is InChI=1S/C15H14FN3O2/c16-12-5-3-11(4-6-12)14(15(17)21)19-13(20)8-10-2-1-7-18-9-10/h1-7,9,14H,8H2,(H2,17,21)(H,19,20)/t14-/m1/s1. The summed E-state index contributed by atoms with van der Waals surface area (Å²) in [7, 11) is 0. The Morgan fingerprint density at radius 1 is 1.24 bits per heavy atom. The number of amides is 2. The van der Waals surface area contributed by atoms with E-state index in [2.05, 4.69) is 10.3 Å². The molecular weight excluding hydrogens is 273 g/mol. The highest BCUT2D eigenvalue weighted by atomic mass is 19.1. The van der Waals surface area contributed by atoms with E-state index in [1.165, 1.54) is 24.3 Å². The summed E-state index contributed by atoms with van der Waals surface area (Å²) >= 11 is 0. The molecule has 0 saturated carbocycles. The fourth-order valence-electron chi connectivity index (χ4n) is 1.87. The minimum atomic E-state index is -0.991. The second-order valence-corrected chi connectivity index (χ2v) is 4.49. The molecule has 1 atom stereocenters. The van der Waals surface area contributed by atoms with E-state index in [1.807, 2.05) is 0 Å². The molecule has 1 aromatic heterocycles. The van der Waals surface area contributed by atoms with Crippen LogP contribution < -0.4 is 11.1 Å². The highest BCUT2D eigenvalue weighted by Crippen LogP contribution is 2.13. The zero-order valence-electron chi connectivity index (χ0n) is 11.1. The molecule has 108 valence electrons. The number of aromatic nitrogens is 1. The van der Waals surface area contributed by atoms with E-state index < -0.39 is 17.8 Å². The number of halogens is 1. The summed E-state index contributed by atoms with van der Waals surface area (Å²) in [6, 6.07) is 7.72. The van der Waals surface area contributed by atoms with Crippen molar-refractivity contribution >= 4 is 11.8 Å². The summed E-state index contributed by atoms with van der Waals surface area (Å²) in [4.78, 5) is 27.3. The van der Waals surface area contributed by atoms with Crippen LogP contribution in [0.1, 0.15) is 17.2 Å². The SMILES string of the molecule is NC(=O)[C@H](NC(=O)Cc1cccnc1)c1ccc(F)cc1. The van der Waals surface area contributed by atoms with Crippen molar-refractivity contribution in [1.82, 2.24) is 10.3 Å². The van der Waals surface area contributed by atoms with E-state index >= 15 is 0 Å². The quantitative estimate of drug-likeness (QED) is 0.863. The van der Waals surface area contributed by atoms with Gasteiger partial charge in [-0.1, -0.05) is 18.2 Å². The van der Waals surface area contributed by atoms with Gasteiger partial charge in [0.1, 0.15) is 11.9 Å². The third-order valence-electron chi connectivity index (χ3n) is 2.88. The lowest BCUT2D eigenvalue weighted by molar-refractivity contribution is -0.127. The van der Waals surface area contributed by atoms with Gasteiger partial charge in [-0.2, -0.15) is 0 Å². The molecule has 6 heteroatoms. The molecule has 5 nitrogen and oxygen atoms in total. The predicted octanol–water partition coefficient (Wildman–Crippen LogP) is 1.11. The van der Waals surface area contributed by atoms with E-state index in [1.54, 1.807) is 24.5 Å². The first-order valence-corrected chi connectivity index (χ1v) is 6.29. The maximum absolute atomic E-state index is 12.9. The second-order valence-electron chi connectivity index (χ2n) is 4.49. The van der Waals surface area contributed by atoms with Crippen LogP contribution in [-0.4, -0.2) is 16.8 Å². The van der Waals surface area contributed by atoms with Crippen molar-refractivity contribution in [3.05, 3.63) is 65.7 Å². The Labute approximate surface area is 121 Å². The van der Waals surface area contributed by atoms with E-state index in [4.69, 9.17) is 5.73 Å². The average Bonchev–Trinajstić information content (AvgIpc) is 2.47. The molecule has 0 bridgehead atoms. The molecule has 3 N–H and O–H groups in total. The number of primary amides is 1. The van der Waals surface area contributed by atoms with Crippen molar-refractivity contribution < 1.29 is 14.0 Å². The van der Waals surface area contributed by atoms with Gasteiger partial charge in [-0.05, 0) is 29.3 Å². The molecule has 21 heavy (non-hydrogen) atoms. The zero-order chi connectivity index (χ0) is 15.2. The van der Waals surface area contributed by atoms with Gasteiger partial charge in [0.15, 0.2) is 0 Å². The third kappa shape index (κ3) is 4.10. The Morgan fingerprint density at radius 3 is 2.52 bits per heavy atom. The number of carbonyl (C=O) groups excluding carboxylic acids is 2. The number of nitrogens with zero attached hydrogens (tertiary/aromatic N) is 1. The van der Waals surface area contributed by atoms with Crippen LogP contribution in [0.2, 0.25) is 0 Å². The van der Waals surface area contributed by atoms with Crippen molar-refractivity contribution in [2.24, 2.45) is 5.73 Å². The van der Waals surface area contributed by atoms with E-state index in [0.29, 0.717) is 5.56 Å². The van der Waals surface area contributed by atoms with Crippen LogP contribution >= 0.6 is 0 Å². The largest absolute Gasteiger partial charge is 0.368 e. The topological polar surface area (TPSA) is 85.1 Å². The van der Waals surface area contributed by atoms with Gasteiger partial charge in [0, 0.05) is 12.4 Å². The van der Waals surface area contributed by atoms with Crippen molar-refractivity contribution in [3.63, 3.8) is 0 Å². The van der Waals surface area contributed by atoms with Gasteiger partial charge in [0.25, 0.3) is 0 Å². The van der Waals surface area contributed by atoms with Gasteiger partial charge in [0.05, 0.1) is 6.42 Å². The lowest BCUT2D eigenvalue weighted by Crippen LogP contribution is -2.38. The molecule has 0 spiro atoms. The van der Waals surface area contributed by atoms with Crippen LogP contribution in [0.3, 0.4) is 0 Å². The van der Waals surface area contributed by atoms with Crippen LogP contribution in [-0.2, 0) is 16.0 Å². The normalized spacial score (nSPS) is 11.7. The Kier molecular flexibility index (Phi) is 4.61. The number of nitrogens with one attached hydrogen (secondary N) is 1. The number of hydrogen-bond donors (Lipinski definition) is 2. The maximum Gasteiger partial charge on any atom is 0.244 e. The maximum atomic E-state index is 12.9. The summed E-state index contributed by atoms with van der Waals surface area (Å²) in [6.45, 7) is 0. The van der Waals surface area contributed by atoms with Gasteiger partial charge >= 0.3 is 0 Å². The van der Waals surface area contributed by atoms with Gasteiger partial charge in [-0.3, -0.25) is 14.6 Å². The molecule has 0 fully saturated rings. The molecule has 2 aromatic rings. The van der Waals surface area contributed by atoms with Crippen molar-refractivity contribution in [1.29, 1.82) is 0 Å². The lowest BCUT2D eigenvalue weighted by Gasteiger charge is -2.16. The summed E-state index contributed by atoms with van der Waals surface area (Å²) < 4.78 is 12.9. The molecular formula is C15H14FN3O2. The minimum absolute atomic E-state index is 0.0822. The van der Waals surface area contributed by atoms with Crippen LogP contribution in [0, 0.1) is 5.82 Å². The van der Waals surface area contributed by atoms with Crippen LogP contribution in [0.15, 0.2) is 48.8 Å². The fraction of sp³-hybridized carbons (Fsp3) is 0.133. The molecule has 0 aliphatic carbocycles. The molecule has 1 heterocycles. The van der Waals surface area contributed by atoms with Gasteiger partial charge in [0.2, 0.25) is 11.8 Å². The fourth-order valence-corrected chi connectivity index (χ4v) is 1.87. The number of carbonyl (C=O) groups is 2. The molecule has 2 amide bonds. The predicted molar refractivity (Wildman–Crippen MR) is 74.4 cm³/mol. The minimum Gasteiger partial charge on any atom is -0.368 e. The van der Waals surface area contributed by atoms with Gasteiger partial charge < -0.3 is 11.1 Å². The van der Waals surface area contributed by atoms with E-state index in [-0.39, 0.29) is 12.3 Å². The number of rotatable bonds is 5. The first-order valence-electron chi connectivity index (χ1n) is 6.29. The van der Waals surface area contributed by atoms with Crippen molar-refractivity contribution in [2.45, 2.75) is 12.5 Å². The summed E-state index contributed by atoms with van der Waals surface area (Å²) in [5, 5.41) is 2.54. The molecule has 0 aliphatic rings. The van der Waals surface area contributed by atoms with Crippen molar-refractivity contribution in [2.75, 3.05) is 0 Å². The monoisotopic (exact) mass is 287 g/mol. The zero-order valence-corrected chi connectivity index (χ0v) is 11.1. The average molecular weight is 287 g/mol. The van der Waals surface area contributed by atoms with Gasteiger partial charge in [-0.15, -0.1) is 0 Å². The van der Waals surface area contributed by atoms with Gasteiger partial charge in [-0.25, -0.2) is 4.39 Å². The molecule has 1 aromatic carbocycles. The molecule has 2 rings (SSSR count). The summed E-state index contributed by atoms with van der Waals surface area (Å²) in [5.74, 6) is -1.50.